The lowest BCUT2D eigenvalue weighted by Crippen LogP contribution is -2.42. The molecule has 3 aromatic rings. The SMILES string of the molecule is c1ccc2sc(Oc3ccc(OCCN4CCC(C5CCCN5)CC4)cc3)nc2c1. The topological polar surface area (TPSA) is 46.6 Å². The molecule has 5 nitrogen and oxygen atoms in total. The van der Waals surface area contributed by atoms with Crippen LogP contribution >= 0.6 is 11.3 Å². The summed E-state index contributed by atoms with van der Waals surface area (Å²) in [6, 6.07) is 16.7. The maximum atomic E-state index is 5.97. The fourth-order valence-corrected chi connectivity index (χ4v) is 5.42. The van der Waals surface area contributed by atoms with Crippen LogP contribution in [0.2, 0.25) is 0 Å². The summed E-state index contributed by atoms with van der Waals surface area (Å²) >= 11 is 1.56. The van der Waals surface area contributed by atoms with Crippen LogP contribution in [0.5, 0.6) is 16.7 Å². The van der Waals surface area contributed by atoms with Crippen LogP contribution in [-0.4, -0.2) is 48.7 Å². The zero-order valence-corrected chi connectivity index (χ0v) is 18.1. The predicted octanol–water partition coefficient (Wildman–Crippen LogP) is 4.93. The molecule has 3 heterocycles. The highest BCUT2D eigenvalue weighted by molar-refractivity contribution is 7.20. The number of ether oxygens (including phenoxy) is 2. The molecule has 0 aliphatic carbocycles. The molecular weight excluding hydrogens is 394 g/mol. The van der Waals surface area contributed by atoms with Gasteiger partial charge in [-0.05, 0) is 87.6 Å². The summed E-state index contributed by atoms with van der Waals surface area (Å²) in [5.74, 6) is 2.54. The van der Waals surface area contributed by atoms with Gasteiger partial charge < -0.3 is 14.8 Å². The molecule has 0 saturated carbocycles. The van der Waals surface area contributed by atoms with Gasteiger partial charge in [0.1, 0.15) is 18.1 Å². The summed E-state index contributed by atoms with van der Waals surface area (Å²) in [6.45, 7) is 5.32. The third-order valence-corrected chi connectivity index (χ3v) is 7.19. The average molecular weight is 424 g/mol. The van der Waals surface area contributed by atoms with E-state index in [-0.39, 0.29) is 0 Å². The van der Waals surface area contributed by atoms with Gasteiger partial charge in [0.15, 0.2) is 0 Å². The van der Waals surface area contributed by atoms with E-state index < -0.39 is 0 Å². The van der Waals surface area contributed by atoms with Gasteiger partial charge in [0.05, 0.1) is 10.2 Å². The first-order valence-electron chi connectivity index (χ1n) is 11.1. The molecule has 0 amide bonds. The quantitative estimate of drug-likeness (QED) is 0.584. The Morgan fingerprint density at radius 1 is 1.00 bits per heavy atom. The van der Waals surface area contributed by atoms with Crippen LogP contribution in [0, 0.1) is 5.92 Å². The van der Waals surface area contributed by atoms with Gasteiger partial charge in [-0.15, -0.1) is 0 Å². The van der Waals surface area contributed by atoms with E-state index in [0.29, 0.717) is 5.19 Å². The van der Waals surface area contributed by atoms with Crippen molar-refractivity contribution in [1.82, 2.24) is 15.2 Å². The minimum atomic E-state index is 0.668. The Balaban J connectivity index is 1.06. The molecule has 158 valence electrons. The van der Waals surface area contributed by atoms with Crippen molar-refractivity contribution >= 4 is 21.6 Å². The molecule has 2 saturated heterocycles. The van der Waals surface area contributed by atoms with Crippen molar-refractivity contribution in [3.63, 3.8) is 0 Å². The largest absolute Gasteiger partial charge is 0.492 e. The maximum Gasteiger partial charge on any atom is 0.279 e. The molecule has 1 atom stereocenters. The first kappa shape index (κ1) is 19.8. The molecule has 1 aromatic heterocycles. The number of likely N-dealkylation sites (tertiary alicyclic amines) is 1. The normalized spacial score (nSPS) is 20.6. The Labute approximate surface area is 182 Å². The van der Waals surface area contributed by atoms with E-state index in [1.54, 1.807) is 11.3 Å². The first-order chi connectivity index (χ1) is 14.8. The second-order valence-electron chi connectivity index (χ2n) is 8.25. The van der Waals surface area contributed by atoms with Crippen LogP contribution in [0.4, 0.5) is 0 Å². The molecule has 5 rings (SSSR count). The number of thiazole rings is 1. The molecular formula is C24H29N3O2S. The summed E-state index contributed by atoms with van der Waals surface area (Å²) in [5.41, 5.74) is 0.973. The maximum absolute atomic E-state index is 5.97. The molecule has 30 heavy (non-hydrogen) atoms. The van der Waals surface area contributed by atoms with Crippen LogP contribution in [-0.2, 0) is 0 Å². The average Bonchev–Trinajstić information content (AvgIpc) is 3.45. The number of rotatable bonds is 7. The van der Waals surface area contributed by atoms with Crippen molar-refractivity contribution in [3.8, 4) is 16.7 Å². The smallest absolute Gasteiger partial charge is 0.279 e. The van der Waals surface area contributed by atoms with Gasteiger partial charge in [-0.1, -0.05) is 23.5 Å². The van der Waals surface area contributed by atoms with Crippen molar-refractivity contribution in [2.24, 2.45) is 5.92 Å². The Kier molecular flexibility index (Phi) is 6.16. The highest BCUT2D eigenvalue weighted by atomic mass is 32.1. The zero-order valence-electron chi connectivity index (χ0n) is 17.3. The number of piperidine rings is 1. The van der Waals surface area contributed by atoms with E-state index in [2.05, 4.69) is 21.3 Å². The number of aromatic nitrogens is 1. The molecule has 2 aliphatic heterocycles. The first-order valence-corrected chi connectivity index (χ1v) is 11.9. The number of nitrogens with zero attached hydrogens (tertiary/aromatic N) is 2. The van der Waals surface area contributed by atoms with Gasteiger partial charge in [0.2, 0.25) is 0 Å². The molecule has 2 aromatic carbocycles. The third kappa shape index (κ3) is 4.77. The molecule has 6 heteroatoms. The standard InChI is InChI=1S/C24H29N3O2S/c1-2-6-23-22(4-1)26-24(30-23)29-20-9-7-19(8-10-20)28-17-16-27-14-11-18(12-15-27)21-5-3-13-25-21/h1-2,4,6-10,18,21,25H,3,5,11-17H2. The van der Waals surface area contributed by atoms with Gasteiger partial charge >= 0.3 is 0 Å². The summed E-state index contributed by atoms with van der Waals surface area (Å²) < 4.78 is 13.0. The van der Waals surface area contributed by atoms with Gasteiger partial charge in [-0.2, -0.15) is 0 Å². The second-order valence-corrected chi connectivity index (χ2v) is 9.24. The minimum Gasteiger partial charge on any atom is -0.492 e. The van der Waals surface area contributed by atoms with Gasteiger partial charge in [-0.3, -0.25) is 4.90 Å². The van der Waals surface area contributed by atoms with Gasteiger partial charge in [0, 0.05) is 12.6 Å². The lowest BCUT2D eigenvalue weighted by atomic mass is 9.88. The Hall–Kier alpha value is -2.15. The predicted molar refractivity (Wildman–Crippen MR) is 122 cm³/mol. The Bertz CT molecular complexity index is 911. The number of para-hydroxylation sites is 1. The highest BCUT2D eigenvalue weighted by Crippen LogP contribution is 2.31. The van der Waals surface area contributed by atoms with E-state index >= 15 is 0 Å². The highest BCUT2D eigenvalue weighted by Gasteiger charge is 2.28. The lowest BCUT2D eigenvalue weighted by Gasteiger charge is -2.34. The van der Waals surface area contributed by atoms with Crippen LogP contribution < -0.4 is 14.8 Å². The van der Waals surface area contributed by atoms with Crippen LogP contribution in [0.25, 0.3) is 10.2 Å². The van der Waals surface area contributed by atoms with E-state index in [9.17, 15) is 0 Å². The zero-order chi connectivity index (χ0) is 20.2. The fourth-order valence-electron chi connectivity index (χ4n) is 4.58. The molecule has 1 N–H and O–H groups in total. The monoisotopic (exact) mass is 423 g/mol. The van der Waals surface area contributed by atoms with Crippen molar-refractivity contribution in [1.29, 1.82) is 0 Å². The van der Waals surface area contributed by atoms with Crippen molar-refractivity contribution < 1.29 is 9.47 Å². The van der Waals surface area contributed by atoms with Gasteiger partial charge in [-0.25, -0.2) is 4.98 Å². The minimum absolute atomic E-state index is 0.668. The van der Waals surface area contributed by atoms with Crippen LogP contribution in [0.15, 0.2) is 48.5 Å². The molecule has 2 fully saturated rings. The van der Waals surface area contributed by atoms with Crippen LogP contribution in [0.1, 0.15) is 25.7 Å². The molecule has 0 spiro atoms. The summed E-state index contributed by atoms with van der Waals surface area (Å²) in [4.78, 5) is 7.06. The number of hydrogen-bond acceptors (Lipinski definition) is 6. The number of fused-ring (bicyclic) bond motifs is 1. The van der Waals surface area contributed by atoms with Crippen molar-refractivity contribution in [2.45, 2.75) is 31.7 Å². The Morgan fingerprint density at radius 3 is 2.57 bits per heavy atom. The van der Waals surface area contributed by atoms with Crippen molar-refractivity contribution in [3.05, 3.63) is 48.5 Å². The number of nitrogens with one attached hydrogen (secondary N) is 1. The number of benzene rings is 2. The second kappa shape index (κ2) is 9.33. The fraction of sp³-hybridized carbons (Fsp3) is 0.458. The Morgan fingerprint density at radius 2 is 1.80 bits per heavy atom. The molecule has 1 unspecified atom stereocenters. The van der Waals surface area contributed by atoms with E-state index in [0.717, 1.165) is 46.8 Å². The van der Waals surface area contributed by atoms with E-state index in [1.807, 2.05) is 42.5 Å². The molecule has 0 radical (unpaired) electrons. The number of hydrogen-bond donors (Lipinski definition) is 1. The molecule has 0 bridgehead atoms. The van der Waals surface area contributed by atoms with Crippen LogP contribution in [0.3, 0.4) is 0 Å². The van der Waals surface area contributed by atoms with E-state index in [4.69, 9.17) is 9.47 Å². The summed E-state index contributed by atoms with van der Waals surface area (Å²) in [6.07, 6.45) is 5.35. The van der Waals surface area contributed by atoms with Gasteiger partial charge in [0.25, 0.3) is 5.19 Å². The van der Waals surface area contributed by atoms with E-state index in [1.165, 1.54) is 45.3 Å². The van der Waals surface area contributed by atoms with Crippen molar-refractivity contribution in [2.75, 3.05) is 32.8 Å². The summed E-state index contributed by atoms with van der Waals surface area (Å²) in [5, 5.41) is 4.34. The molecule has 2 aliphatic rings. The third-order valence-electron chi connectivity index (χ3n) is 6.28. The summed E-state index contributed by atoms with van der Waals surface area (Å²) in [7, 11) is 0. The lowest BCUT2D eigenvalue weighted by molar-refractivity contribution is 0.141.